The third kappa shape index (κ3) is 3.90. The topological polar surface area (TPSA) is 86.8 Å². The first-order valence-electron chi connectivity index (χ1n) is 8.19. The Morgan fingerprint density at radius 3 is 2.54 bits per heavy atom. The quantitative estimate of drug-likeness (QED) is 0.931. The molecular formula is C17H20N6O. The van der Waals surface area contributed by atoms with E-state index in [1.54, 1.807) is 0 Å². The maximum absolute atomic E-state index is 12.1. The number of anilines is 2. The highest BCUT2D eigenvalue weighted by molar-refractivity contribution is 5.90. The zero-order valence-electron chi connectivity index (χ0n) is 13.5. The molecule has 7 heteroatoms. The summed E-state index contributed by atoms with van der Waals surface area (Å²) in [5.74, 6) is -0.0875. The van der Waals surface area contributed by atoms with Gasteiger partial charge in [0.15, 0.2) is 0 Å². The van der Waals surface area contributed by atoms with Crippen molar-refractivity contribution in [1.82, 2.24) is 14.8 Å². The summed E-state index contributed by atoms with van der Waals surface area (Å²) in [6.07, 6.45) is 6.45. The molecule has 124 valence electrons. The van der Waals surface area contributed by atoms with E-state index >= 15 is 0 Å². The summed E-state index contributed by atoms with van der Waals surface area (Å²) in [7, 11) is 0. The van der Waals surface area contributed by atoms with Crippen molar-refractivity contribution in [2.45, 2.75) is 32.2 Å². The molecule has 1 saturated heterocycles. The highest BCUT2D eigenvalue weighted by Gasteiger charge is 2.11. The van der Waals surface area contributed by atoms with Gasteiger partial charge in [0.1, 0.15) is 18.9 Å². The van der Waals surface area contributed by atoms with Gasteiger partial charge in [0.25, 0.3) is 0 Å². The first-order chi connectivity index (χ1) is 11.8. The van der Waals surface area contributed by atoms with Gasteiger partial charge in [0, 0.05) is 24.5 Å². The van der Waals surface area contributed by atoms with Gasteiger partial charge in [-0.3, -0.25) is 9.36 Å². The Morgan fingerprint density at radius 2 is 1.88 bits per heavy atom. The SMILES string of the molecule is N#Cc1nncn1CC(=O)Nc1ccc(N2CCCCCC2)cc1. The molecule has 0 spiro atoms. The standard InChI is InChI=1S/C17H20N6O/c18-11-16-21-19-13-23(16)12-17(24)20-14-5-7-15(8-6-14)22-9-3-1-2-4-10-22/h5-8,13H,1-4,9-10,12H2,(H,20,24). The lowest BCUT2D eigenvalue weighted by molar-refractivity contribution is -0.116. The second-order valence-electron chi connectivity index (χ2n) is 5.89. The number of hydrogen-bond donors (Lipinski definition) is 1. The molecule has 0 atom stereocenters. The minimum absolute atomic E-state index is 0.0176. The second-order valence-corrected chi connectivity index (χ2v) is 5.89. The molecule has 1 aromatic heterocycles. The molecule has 1 aliphatic heterocycles. The van der Waals surface area contributed by atoms with Crippen molar-refractivity contribution < 1.29 is 4.79 Å². The zero-order valence-corrected chi connectivity index (χ0v) is 13.5. The van der Waals surface area contributed by atoms with Gasteiger partial charge in [-0.1, -0.05) is 12.8 Å². The molecule has 1 amide bonds. The second kappa shape index (κ2) is 7.59. The molecule has 0 unspecified atom stereocenters. The van der Waals surface area contributed by atoms with E-state index in [0.29, 0.717) is 0 Å². The van der Waals surface area contributed by atoms with Gasteiger partial charge in [-0.15, -0.1) is 10.2 Å². The number of carbonyl (C=O) groups excluding carboxylic acids is 1. The van der Waals surface area contributed by atoms with Crippen LogP contribution in [0.2, 0.25) is 0 Å². The molecule has 1 aliphatic rings. The number of benzene rings is 1. The summed E-state index contributed by atoms with van der Waals surface area (Å²) in [5.41, 5.74) is 1.94. The molecule has 1 N–H and O–H groups in total. The number of nitriles is 1. The summed E-state index contributed by atoms with van der Waals surface area (Å²) in [6, 6.07) is 9.81. The van der Waals surface area contributed by atoms with Crippen LogP contribution in [0.25, 0.3) is 0 Å². The number of amides is 1. The van der Waals surface area contributed by atoms with E-state index in [9.17, 15) is 4.79 Å². The largest absolute Gasteiger partial charge is 0.372 e. The van der Waals surface area contributed by atoms with Crippen molar-refractivity contribution in [2.75, 3.05) is 23.3 Å². The van der Waals surface area contributed by atoms with E-state index in [0.717, 1.165) is 18.8 Å². The molecule has 7 nitrogen and oxygen atoms in total. The fourth-order valence-corrected chi connectivity index (χ4v) is 2.90. The van der Waals surface area contributed by atoms with Crippen LogP contribution in [0.1, 0.15) is 31.5 Å². The van der Waals surface area contributed by atoms with Crippen LogP contribution in [0.15, 0.2) is 30.6 Å². The van der Waals surface area contributed by atoms with Gasteiger partial charge in [0.2, 0.25) is 11.7 Å². The molecule has 24 heavy (non-hydrogen) atoms. The van der Waals surface area contributed by atoms with Gasteiger partial charge in [-0.2, -0.15) is 5.26 Å². The summed E-state index contributed by atoms with van der Waals surface area (Å²) in [5, 5.41) is 19.0. The number of hydrogen-bond acceptors (Lipinski definition) is 5. The molecule has 3 rings (SSSR count). The van der Waals surface area contributed by atoms with E-state index in [-0.39, 0.29) is 18.3 Å². The summed E-state index contributed by atoms with van der Waals surface area (Å²) >= 11 is 0. The third-order valence-corrected chi connectivity index (χ3v) is 4.15. The number of nitrogens with one attached hydrogen (secondary N) is 1. The van der Waals surface area contributed by atoms with E-state index in [4.69, 9.17) is 5.26 Å². The normalized spacial score (nSPS) is 14.7. The smallest absolute Gasteiger partial charge is 0.244 e. The van der Waals surface area contributed by atoms with Crippen molar-refractivity contribution in [3.63, 3.8) is 0 Å². The first-order valence-corrected chi connectivity index (χ1v) is 8.19. The Morgan fingerprint density at radius 1 is 1.17 bits per heavy atom. The molecule has 0 bridgehead atoms. The van der Waals surface area contributed by atoms with Crippen LogP contribution in [0.3, 0.4) is 0 Å². The molecular weight excluding hydrogens is 304 g/mol. The van der Waals surface area contributed by atoms with Crippen molar-refractivity contribution in [3.8, 4) is 6.07 Å². The van der Waals surface area contributed by atoms with Gasteiger partial charge in [-0.25, -0.2) is 0 Å². The summed E-state index contributed by atoms with van der Waals surface area (Å²) in [4.78, 5) is 14.5. The number of nitrogens with zero attached hydrogens (tertiary/aromatic N) is 5. The van der Waals surface area contributed by atoms with Crippen molar-refractivity contribution in [1.29, 1.82) is 5.26 Å². The summed E-state index contributed by atoms with van der Waals surface area (Å²) in [6.45, 7) is 2.20. The van der Waals surface area contributed by atoms with E-state index < -0.39 is 0 Å². The van der Waals surface area contributed by atoms with Crippen LogP contribution < -0.4 is 10.2 Å². The van der Waals surface area contributed by atoms with E-state index in [1.165, 1.54) is 42.3 Å². The minimum Gasteiger partial charge on any atom is -0.372 e. The predicted molar refractivity (Wildman–Crippen MR) is 90.5 cm³/mol. The van der Waals surface area contributed by atoms with Crippen LogP contribution in [-0.4, -0.2) is 33.8 Å². The molecule has 1 fully saturated rings. The first kappa shape index (κ1) is 16.0. The highest BCUT2D eigenvalue weighted by Crippen LogP contribution is 2.21. The molecule has 2 heterocycles. The average Bonchev–Trinajstić information content (AvgIpc) is 2.86. The minimum atomic E-state index is -0.214. The number of carbonyl (C=O) groups is 1. The maximum Gasteiger partial charge on any atom is 0.244 e. The van der Waals surface area contributed by atoms with Gasteiger partial charge in [0.05, 0.1) is 0 Å². The molecule has 2 aromatic rings. The van der Waals surface area contributed by atoms with Crippen LogP contribution in [0.4, 0.5) is 11.4 Å². The third-order valence-electron chi connectivity index (χ3n) is 4.15. The fraction of sp³-hybridized carbons (Fsp3) is 0.412. The lowest BCUT2D eigenvalue weighted by atomic mass is 10.2. The lowest BCUT2D eigenvalue weighted by Crippen LogP contribution is -2.23. The zero-order chi connectivity index (χ0) is 16.8. The summed E-state index contributed by atoms with van der Waals surface area (Å²) < 4.78 is 1.42. The Balaban J connectivity index is 1.59. The highest BCUT2D eigenvalue weighted by atomic mass is 16.1. The van der Waals surface area contributed by atoms with Crippen molar-refractivity contribution in [3.05, 3.63) is 36.4 Å². The Labute approximate surface area is 140 Å². The predicted octanol–water partition coefficient (Wildman–Crippen LogP) is 2.17. The molecule has 0 aliphatic carbocycles. The lowest BCUT2D eigenvalue weighted by Gasteiger charge is -2.22. The van der Waals surface area contributed by atoms with Crippen LogP contribution >= 0.6 is 0 Å². The van der Waals surface area contributed by atoms with Crippen LogP contribution in [0, 0.1) is 11.3 Å². The van der Waals surface area contributed by atoms with Crippen LogP contribution in [-0.2, 0) is 11.3 Å². The van der Waals surface area contributed by atoms with Crippen molar-refractivity contribution >= 4 is 17.3 Å². The fourth-order valence-electron chi connectivity index (χ4n) is 2.90. The number of aromatic nitrogens is 3. The van der Waals surface area contributed by atoms with Gasteiger partial charge < -0.3 is 10.2 Å². The van der Waals surface area contributed by atoms with E-state index in [1.807, 2.05) is 30.3 Å². The average molecular weight is 324 g/mol. The van der Waals surface area contributed by atoms with Crippen molar-refractivity contribution in [2.24, 2.45) is 0 Å². The van der Waals surface area contributed by atoms with Gasteiger partial charge >= 0.3 is 0 Å². The van der Waals surface area contributed by atoms with Crippen LogP contribution in [0.5, 0.6) is 0 Å². The molecule has 1 aromatic carbocycles. The number of rotatable bonds is 4. The molecule has 0 radical (unpaired) electrons. The maximum atomic E-state index is 12.1. The molecule has 0 saturated carbocycles. The Bertz CT molecular complexity index is 722. The monoisotopic (exact) mass is 324 g/mol. The van der Waals surface area contributed by atoms with Gasteiger partial charge in [-0.05, 0) is 37.1 Å². The Kier molecular flexibility index (Phi) is 5.06. The Hall–Kier alpha value is -2.88. The van der Waals surface area contributed by atoms with E-state index in [2.05, 4.69) is 20.4 Å².